The van der Waals surface area contributed by atoms with Gasteiger partial charge in [0.15, 0.2) is 0 Å². The van der Waals surface area contributed by atoms with E-state index in [0.29, 0.717) is 11.3 Å². The van der Waals surface area contributed by atoms with Crippen LogP contribution in [0.25, 0.3) is 0 Å². The quantitative estimate of drug-likeness (QED) is 0.828. The molecule has 0 spiro atoms. The molecule has 0 unspecified atom stereocenters. The van der Waals surface area contributed by atoms with E-state index in [1.54, 1.807) is 4.72 Å². The number of alkyl halides is 2. The fraction of sp³-hybridized carbons (Fsp3) is 0.333. The fourth-order valence-electron chi connectivity index (χ4n) is 0.819. The van der Waals surface area contributed by atoms with Gasteiger partial charge in [0.25, 0.3) is 19.1 Å². The summed E-state index contributed by atoms with van der Waals surface area (Å²) in [5.41, 5.74) is 0. The average molecular weight is 326 g/mol. The van der Waals surface area contributed by atoms with Crippen LogP contribution in [0.4, 0.5) is 8.78 Å². The Bertz CT molecular complexity index is 595. The van der Waals surface area contributed by atoms with E-state index in [4.69, 9.17) is 10.7 Å². The maximum atomic E-state index is 11.9. The van der Waals surface area contributed by atoms with E-state index in [-0.39, 0.29) is 9.09 Å². The summed E-state index contributed by atoms with van der Waals surface area (Å²) in [6, 6.07) is 2.45. The molecule has 0 atom stereocenters. The van der Waals surface area contributed by atoms with Crippen molar-refractivity contribution < 1.29 is 25.6 Å². The standard InChI is InChI=1S/C6H6ClF2NO4S3/c7-16(11,12)5-2-1-4(15-5)3-10-17(13,14)6(8)9/h1-2,6,10H,3H2. The molecule has 0 radical (unpaired) electrons. The Kier molecular flexibility index (Phi) is 4.47. The van der Waals surface area contributed by atoms with Gasteiger partial charge in [-0.1, -0.05) is 0 Å². The van der Waals surface area contributed by atoms with Crippen LogP contribution in [-0.2, 0) is 25.6 Å². The largest absolute Gasteiger partial charge is 0.350 e. The average Bonchev–Trinajstić information content (AvgIpc) is 2.62. The van der Waals surface area contributed by atoms with Gasteiger partial charge in [0, 0.05) is 22.1 Å². The van der Waals surface area contributed by atoms with Crippen LogP contribution in [0.3, 0.4) is 0 Å². The van der Waals surface area contributed by atoms with E-state index in [1.807, 2.05) is 0 Å². The molecule has 1 heterocycles. The second-order valence-electron chi connectivity index (χ2n) is 2.79. The Balaban J connectivity index is 2.76. The van der Waals surface area contributed by atoms with Gasteiger partial charge >= 0.3 is 5.76 Å². The van der Waals surface area contributed by atoms with Gasteiger partial charge in [-0.2, -0.15) is 8.78 Å². The lowest BCUT2D eigenvalue weighted by Gasteiger charge is -2.02. The van der Waals surface area contributed by atoms with Crippen molar-refractivity contribution in [3.05, 3.63) is 17.0 Å². The molecule has 17 heavy (non-hydrogen) atoms. The predicted octanol–water partition coefficient (Wildman–Crippen LogP) is 1.32. The lowest BCUT2D eigenvalue weighted by Crippen LogP contribution is -2.28. The van der Waals surface area contributed by atoms with Crippen molar-refractivity contribution in [3.8, 4) is 0 Å². The van der Waals surface area contributed by atoms with Gasteiger partial charge < -0.3 is 0 Å². The third-order valence-electron chi connectivity index (χ3n) is 1.56. The molecule has 1 rings (SSSR count). The molecule has 1 aromatic rings. The topological polar surface area (TPSA) is 80.3 Å². The first-order valence-corrected chi connectivity index (χ1v) is 8.60. The van der Waals surface area contributed by atoms with Crippen LogP contribution in [0.15, 0.2) is 16.3 Å². The third-order valence-corrected chi connectivity index (χ3v) is 5.75. The van der Waals surface area contributed by atoms with Gasteiger partial charge in [-0.25, -0.2) is 21.6 Å². The normalized spacial score (nSPS) is 13.2. The summed E-state index contributed by atoms with van der Waals surface area (Å²) in [6.07, 6.45) is 0. The van der Waals surface area contributed by atoms with E-state index in [9.17, 15) is 25.6 Å². The van der Waals surface area contributed by atoms with Crippen LogP contribution in [-0.4, -0.2) is 22.6 Å². The van der Waals surface area contributed by atoms with Crippen molar-refractivity contribution in [2.24, 2.45) is 0 Å². The zero-order valence-corrected chi connectivity index (χ0v) is 11.1. The molecule has 0 saturated heterocycles. The first-order valence-electron chi connectivity index (χ1n) is 3.93. The minimum absolute atomic E-state index is 0.176. The van der Waals surface area contributed by atoms with Gasteiger partial charge in [-0.15, -0.1) is 11.3 Å². The Morgan fingerprint density at radius 3 is 2.29 bits per heavy atom. The van der Waals surface area contributed by atoms with Gasteiger partial charge in [-0.3, -0.25) is 0 Å². The molecule has 0 aliphatic carbocycles. The van der Waals surface area contributed by atoms with Gasteiger partial charge in [0.05, 0.1) is 0 Å². The lowest BCUT2D eigenvalue weighted by atomic mass is 10.5. The summed E-state index contributed by atoms with van der Waals surface area (Å²) in [7, 11) is -3.53. The Hall–Kier alpha value is -0.290. The van der Waals surface area contributed by atoms with Crippen molar-refractivity contribution in [3.63, 3.8) is 0 Å². The molecule has 0 aromatic carbocycles. The summed E-state index contributed by atoms with van der Waals surface area (Å²) >= 11 is 0.700. The molecule has 0 bridgehead atoms. The maximum absolute atomic E-state index is 11.9. The molecule has 1 aromatic heterocycles. The SMILES string of the molecule is O=S(=O)(Cl)c1ccc(CNS(=O)(=O)C(F)F)s1. The molecular weight excluding hydrogens is 320 g/mol. The summed E-state index contributed by atoms with van der Waals surface area (Å²) in [5, 5.41) is 0. The smallest absolute Gasteiger partial charge is 0.206 e. The summed E-state index contributed by atoms with van der Waals surface area (Å²) in [4.78, 5) is 0.258. The second-order valence-corrected chi connectivity index (χ2v) is 8.48. The molecule has 1 N–H and O–H groups in total. The van der Waals surface area contributed by atoms with Crippen LogP contribution in [0.1, 0.15) is 4.88 Å². The minimum Gasteiger partial charge on any atom is -0.206 e. The van der Waals surface area contributed by atoms with Gasteiger partial charge in [0.2, 0.25) is 0 Å². The van der Waals surface area contributed by atoms with Crippen molar-refractivity contribution in [2.45, 2.75) is 16.5 Å². The Labute approximate surface area is 105 Å². The number of rotatable bonds is 5. The highest BCUT2D eigenvalue weighted by Gasteiger charge is 2.23. The highest BCUT2D eigenvalue weighted by Crippen LogP contribution is 2.24. The first-order chi connectivity index (χ1) is 7.63. The number of nitrogens with one attached hydrogen (secondary N) is 1. The second kappa shape index (κ2) is 5.14. The predicted molar refractivity (Wildman–Crippen MR) is 59.1 cm³/mol. The van der Waals surface area contributed by atoms with Gasteiger partial charge in [-0.05, 0) is 12.1 Å². The van der Waals surface area contributed by atoms with E-state index in [1.165, 1.54) is 12.1 Å². The Morgan fingerprint density at radius 1 is 1.29 bits per heavy atom. The zero-order valence-electron chi connectivity index (χ0n) is 7.93. The number of sulfonamides is 1. The van der Waals surface area contributed by atoms with Crippen molar-refractivity contribution >= 4 is 41.1 Å². The van der Waals surface area contributed by atoms with Crippen LogP contribution in [0.5, 0.6) is 0 Å². The Morgan fingerprint density at radius 2 is 1.88 bits per heavy atom. The number of thiophene rings is 1. The molecule has 0 saturated carbocycles. The van der Waals surface area contributed by atoms with Crippen LogP contribution in [0.2, 0.25) is 0 Å². The third kappa shape index (κ3) is 4.14. The lowest BCUT2D eigenvalue weighted by molar-refractivity contribution is 0.232. The molecule has 98 valence electrons. The molecular formula is C6H6ClF2NO4S3. The van der Waals surface area contributed by atoms with Crippen molar-refractivity contribution in [1.29, 1.82) is 0 Å². The summed E-state index contributed by atoms with van der Waals surface area (Å²) in [5.74, 6) is -3.53. The molecule has 0 fully saturated rings. The van der Waals surface area contributed by atoms with Gasteiger partial charge in [0.1, 0.15) is 4.21 Å². The zero-order chi connectivity index (χ0) is 13.3. The fourth-order valence-corrected chi connectivity index (χ4v) is 3.46. The number of hydrogen-bond acceptors (Lipinski definition) is 5. The molecule has 5 nitrogen and oxygen atoms in total. The van der Waals surface area contributed by atoms with Crippen LogP contribution in [0, 0.1) is 0 Å². The minimum atomic E-state index is -4.68. The summed E-state index contributed by atoms with van der Waals surface area (Å²) < 4.78 is 68.5. The number of halogens is 3. The van der Waals surface area contributed by atoms with Crippen molar-refractivity contribution in [1.82, 2.24) is 4.72 Å². The number of hydrogen-bond donors (Lipinski definition) is 1. The highest BCUT2D eigenvalue weighted by atomic mass is 35.7. The van der Waals surface area contributed by atoms with Crippen molar-refractivity contribution in [2.75, 3.05) is 0 Å². The maximum Gasteiger partial charge on any atom is 0.350 e. The molecule has 0 aliphatic rings. The van der Waals surface area contributed by atoms with E-state index in [2.05, 4.69) is 0 Å². The van der Waals surface area contributed by atoms with E-state index >= 15 is 0 Å². The molecule has 0 amide bonds. The first kappa shape index (κ1) is 14.8. The highest BCUT2D eigenvalue weighted by molar-refractivity contribution is 8.15. The van der Waals surface area contributed by atoms with E-state index in [0.717, 1.165) is 0 Å². The monoisotopic (exact) mass is 325 g/mol. The summed E-state index contributed by atoms with van der Waals surface area (Å²) in [6.45, 7) is -0.413. The van der Waals surface area contributed by atoms with Crippen LogP contribution < -0.4 is 4.72 Å². The van der Waals surface area contributed by atoms with E-state index < -0.39 is 31.4 Å². The molecule has 0 aliphatic heterocycles. The molecule has 11 heteroatoms. The van der Waals surface area contributed by atoms with Crippen LogP contribution >= 0.6 is 22.0 Å².